The molecule has 0 spiro atoms. The molecule has 0 amide bonds. The molecule has 1 atom stereocenters. The predicted octanol–water partition coefficient (Wildman–Crippen LogP) is 0.904. The van der Waals surface area contributed by atoms with Gasteiger partial charge in [0, 0.05) is 18.7 Å². The summed E-state index contributed by atoms with van der Waals surface area (Å²) in [7, 11) is 0. The molecular weight excluding hydrogens is 188 g/mol. The van der Waals surface area contributed by atoms with Crippen molar-refractivity contribution in [3.63, 3.8) is 0 Å². The summed E-state index contributed by atoms with van der Waals surface area (Å²) < 4.78 is 0. The zero-order chi connectivity index (χ0) is 9.10. The fraction of sp³-hybridized carbons (Fsp3) is 0.500. The first-order valence-electron chi connectivity index (χ1n) is 4.29. The molecule has 0 aromatic carbocycles. The van der Waals surface area contributed by atoms with E-state index in [9.17, 15) is 0 Å². The third kappa shape index (κ3) is 2.29. The molecule has 1 fully saturated rings. The Hall–Kier alpha value is -0.870. The summed E-state index contributed by atoms with van der Waals surface area (Å²) in [4.78, 5) is 7.88. The lowest BCUT2D eigenvalue weighted by molar-refractivity contribution is 0.787. The minimum Gasteiger partial charge on any atom is -0.366 e. The van der Waals surface area contributed by atoms with Gasteiger partial charge < -0.3 is 10.6 Å². The first-order valence-corrected chi connectivity index (χ1v) is 4.67. The maximum absolute atomic E-state index is 5.72. The average Bonchev–Trinajstić information content (AvgIpc) is 2.57. The van der Waals surface area contributed by atoms with Crippen LogP contribution < -0.4 is 10.6 Å². The van der Waals surface area contributed by atoms with Gasteiger partial charge in [-0.2, -0.15) is 0 Å². The maximum Gasteiger partial charge on any atom is 0.134 e. The van der Waals surface area contributed by atoms with Crippen molar-refractivity contribution in [1.82, 2.24) is 15.3 Å². The minimum atomic E-state index is 0.464. The van der Waals surface area contributed by atoms with E-state index < -0.39 is 0 Å². The zero-order valence-electron chi connectivity index (χ0n) is 7.13. The van der Waals surface area contributed by atoms with Gasteiger partial charge in [-0.15, -0.1) is 0 Å². The van der Waals surface area contributed by atoms with E-state index in [0.717, 1.165) is 25.3 Å². The Bertz CT molecular complexity index is 285. The number of halogens is 1. The zero-order valence-corrected chi connectivity index (χ0v) is 7.88. The Balaban J connectivity index is 2.00. The van der Waals surface area contributed by atoms with Gasteiger partial charge in [0.2, 0.25) is 0 Å². The van der Waals surface area contributed by atoms with Gasteiger partial charge in [-0.3, -0.25) is 0 Å². The average molecular weight is 199 g/mol. The molecule has 4 nitrogen and oxygen atoms in total. The van der Waals surface area contributed by atoms with Crippen molar-refractivity contribution in [1.29, 1.82) is 0 Å². The summed E-state index contributed by atoms with van der Waals surface area (Å²) in [6.07, 6.45) is 2.59. The van der Waals surface area contributed by atoms with E-state index in [-0.39, 0.29) is 0 Å². The van der Waals surface area contributed by atoms with Gasteiger partial charge in [-0.05, 0) is 13.0 Å². The Labute approximate surface area is 81.7 Å². The maximum atomic E-state index is 5.72. The van der Waals surface area contributed by atoms with E-state index in [4.69, 9.17) is 11.6 Å². The molecule has 1 aromatic rings. The van der Waals surface area contributed by atoms with Crippen LogP contribution in [0.25, 0.3) is 0 Å². The summed E-state index contributed by atoms with van der Waals surface area (Å²) in [6, 6.07) is 2.20. The van der Waals surface area contributed by atoms with Gasteiger partial charge in [-0.1, -0.05) is 11.6 Å². The van der Waals surface area contributed by atoms with Crippen LogP contribution in [0.2, 0.25) is 5.15 Å². The second-order valence-corrected chi connectivity index (χ2v) is 3.45. The lowest BCUT2D eigenvalue weighted by atomic mass is 10.2. The Morgan fingerprint density at radius 2 is 2.46 bits per heavy atom. The molecule has 0 aliphatic carbocycles. The van der Waals surface area contributed by atoms with Crippen LogP contribution in [0.15, 0.2) is 12.4 Å². The van der Waals surface area contributed by atoms with Crippen molar-refractivity contribution in [2.75, 3.05) is 18.4 Å². The molecule has 5 heteroatoms. The Morgan fingerprint density at radius 1 is 1.54 bits per heavy atom. The van der Waals surface area contributed by atoms with Crippen molar-refractivity contribution >= 4 is 17.4 Å². The first-order chi connectivity index (χ1) is 6.34. The predicted molar refractivity (Wildman–Crippen MR) is 51.9 cm³/mol. The van der Waals surface area contributed by atoms with Gasteiger partial charge in [0.25, 0.3) is 0 Å². The largest absolute Gasteiger partial charge is 0.366 e. The van der Waals surface area contributed by atoms with E-state index >= 15 is 0 Å². The highest BCUT2D eigenvalue weighted by Crippen LogP contribution is 2.11. The second-order valence-electron chi connectivity index (χ2n) is 3.06. The SMILES string of the molecule is Clc1cc(N[C@@H]2CCNC2)ncn1. The molecule has 0 unspecified atom stereocenters. The number of hydrogen-bond donors (Lipinski definition) is 2. The molecule has 2 N–H and O–H groups in total. The van der Waals surface area contributed by atoms with E-state index in [1.807, 2.05) is 0 Å². The Kier molecular flexibility index (Phi) is 2.61. The van der Waals surface area contributed by atoms with E-state index in [0.29, 0.717) is 11.2 Å². The van der Waals surface area contributed by atoms with Crippen molar-refractivity contribution in [3.8, 4) is 0 Å². The van der Waals surface area contributed by atoms with E-state index in [1.165, 1.54) is 6.33 Å². The molecule has 1 saturated heterocycles. The number of aromatic nitrogens is 2. The van der Waals surface area contributed by atoms with E-state index in [1.54, 1.807) is 6.07 Å². The van der Waals surface area contributed by atoms with Crippen molar-refractivity contribution < 1.29 is 0 Å². The van der Waals surface area contributed by atoms with Crippen LogP contribution in [-0.2, 0) is 0 Å². The van der Waals surface area contributed by atoms with Crippen LogP contribution in [0.3, 0.4) is 0 Å². The van der Waals surface area contributed by atoms with Crippen LogP contribution >= 0.6 is 11.6 Å². The second kappa shape index (κ2) is 3.89. The van der Waals surface area contributed by atoms with Gasteiger partial charge >= 0.3 is 0 Å². The smallest absolute Gasteiger partial charge is 0.134 e. The third-order valence-corrected chi connectivity index (χ3v) is 2.25. The van der Waals surface area contributed by atoms with Crippen molar-refractivity contribution in [2.45, 2.75) is 12.5 Å². The fourth-order valence-electron chi connectivity index (χ4n) is 1.40. The van der Waals surface area contributed by atoms with Crippen molar-refractivity contribution in [3.05, 3.63) is 17.5 Å². The van der Waals surface area contributed by atoms with Crippen LogP contribution in [0.4, 0.5) is 5.82 Å². The van der Waals surface area contributed by atoms with Crippen LogP contribution in [-0.4, -0.2) is 29.1 Å². The quantitative estimate of drug-likeness (QED) is 0.694. The summed E-state index contributed by atoms with van der Waals surface area (Å²) in [6.45, 7) is 2.05. The molecule has 1 aliphatic heterocycles. The van der Waals surface area contributed by atoms with E-state index in [2.05, 4.69) is 20.6 Å². The monoisotopic (exact) mass is 198 g/mol. The molecule has 0 bridgehead atoms. The summed E-state index contributed by atoms with van der Waals surface area (Å²) in [5.41, 5.74) is 0. The highest BCUT2D eigenvalue weighted by molar-refractivity contribution is 6.29. The highest BCUT2D eigenvalue weighted by Gasteiger charge is 2.14. The fourth-order valence-corrected chi connectivity index (χ4v) is 1.55. The van der Waals surface area contributed by atoms with Gasteiger partial charge in [0.05, 0.1) is 0 Å². The number of anilines is 1. The summed E-state index contributed by atoms with van der Waals surface area (Å²) in [5.74, 6) is 0.800. The van der Waals surface area contributed by atoms with Gasteiger partial charge in [-0.25, -0.2) is 9.97 Å². The summed E-state index contributed by atoms with van der Waals surface area (Å²) in [5, 5.41) is 7.03. The lowest BCUT2D eigenvalue weighted by Crippen LogP contribution is -2.22. The number of rotatable bonds is 2. The number of hydrogen-bond acceptors (Lipinski definition) is 4. The molecule has 0 radical (unpaired) electrons. The standard InChI is InChI=1S/C8H11ClN4/c9-7-3-8(12-5-11-7)13-6-1-2-10-4-6/h3,5-6,10H,1-2,4H2,(H,11,12,13)/t6-/m1/s1. The highest BCUT2D eigenvalue weighted by atomic mass is 35.5. The summed E-state index contributed by atoms with van der Waals surface area (Å²) >= 11 is 5.72. The molecule has 1 aromatic heterocycles. The van der Waals surface area contributed by atoms with Crippen LogP contribution in [0, 0.1) is 0 Å². The molecule has 1 aliphatic rings. The van der Waals surface area contributed by atoms with Crippen LogP contribution in [0.1, 0.15) is 6.42 Å². The van der Waals surface area contributed by atoms with Crippen molar-refractivity contribution in [2.24, 2.45) is 0 Å². The number of nitrogens with one attached hydrogen (secondary N) is 2. The third-order valence-electron chi connectivity index (χ3n) is 2.05. The molecule has 0 saturated carbocycles. The normalized spacial score (nSPS) is 21.8. The molecule has 2 rings (SSSR count). The molecular formula is C8H11ClN4. The first kappa shape index (κ1) is 8.72. The lowest BCUT2D eigenvalue weighted by Gasteiger charge is -2.10. The van der Waals surface area contributed by atoms with Gasteiger partial charge in [0.15, 0.2) is 0 Å². The van der Waals surface area contributed by atoms with Crippen LogP contribution in [0.5, 0.6) is 0 Å². The topological polar surface area (TPSA) is 49.8 Å². The molecule has 2 heterocycles. The van der Waals surface area contributed by atoms with Gasteiger partial charge in [0.1, 0.15) is 17.3 Å². The number of nitrogens with zero attached hydrogens (tertiary/aromatic N) is 2. The Morgan fingerprint density at radius 3 is 3.15 bits per heavy atom. The molecule has 70 valence electrons. The minimum absolute atomic E-state index is 0.464. The molecule has 13 heavy (non-hydrogen) atoms.